The van der Waals surface area contributed by atoms with Crippen LogP contribution in [0.5, 0.6) is 0 Å². The lowest BCUT2D eigenvalue weighted by molar-refractivity contribution is -0.198. The second-order valence-corrected chi connectivity index (χ2v) is 5.94. The first-order valence-electron chi connectivity index (χ1n) is 8.59. The van der Waals surface area contributed by atoms with E-state index < -0.39 is 18.0 Å². The summed E-state index contributed by atoms with van der Waals surface area (Å²) in [5.41, 5.74) is 1.63. The molecule has 1 atom stereocenters. The second kappa shape index (κ2) is 9.01. The lowest BCUT2D eigenvalue weighted by Crippen LogP contribution is -2.39. The highest BCUT2D eigenvalue weighted by atomic mass is 19.3. The molecule has 1 aromatic heterocycles. The Labute approximate surface area is 155 Å². The molecule has 0 saturated carbocycles. The molecular formula is C18H23F2N3O4. The van der Waals surface area contributed by atoms with Crippen molar-refractivity contribution in [2.45, 2.75) is 52.6 Å². The number of benzene rings is 1. The fourth-order valence-electron chi connectivity index (χ4n) is 2.50. The zero-order valence-corrected chi connectivity index (χ0v) is 15.5. The van der Waals surface area contributed by atoms with E-state index in [1.165, 1.54) is 23.7 Å². The molecule has 1 aromatic carbocycles. The van der Waals surface area contributed by atoms with E-state index in [-0.39, 0.29) is 25.4 Å². The summed E-state index contributed by atoms with van der Waals surface area (Å²) in [5.74, 6) is -5.59. The first-order chi connectivity index (χ1) is 12.8. The van der Waals surface area contributed by atoms with Gasteiger partial charge in [-0.2, -0.15) is 8.78 Å². The highest BCUT2D eigenvalue weighted by Gasteiger charge is 2.50. The van der Waals surface area contributed by atoms with Gasteiger partial charge in [-0.25, -0.2) is 4.79 Å². The summed E-state index contributed by atoms with van der Waals surface area (Å²) < 4.78 is 41.0. The van der Waals surface area contributed by atoms with E-state index in [1.807, 2.05) is 6.92 Å². The fraction of sp³-hybridized carbons (Fsp3) is 0.500. The molecule has 0 amide bonds. The van der Waals surface area contributed by atoms with E-state index in [4.69, 9.17) is 4.74 Å². The largest absolute Gasteiger partial charge is 0.461 e. The molecule has 0 saturated heterocycles. The zero-order chi connectivity index (χ0) is 20.0. The number of hydrogen-bond donors (Lipinski definition) is 1. The van der Waals surface area contributed by atoms with Crippen molar-refractivity contribution in [1.82, 2.24) is 15.0 Å². The Morgan fingerprint density at radius 2 is 2.11 bits per heavy atom. The minimum absolute atomic E-state index is 0.0607. The number of rotatable bonds is 9. The summed E-state index contributed by atoms with van der Waals surface area (Å²) in [6, 6.07) is 4.43. The van der Waals surface area contributed by atoms with Gasteiger partial charge in [-0.3, -0.25) is 4.68 Å². The van der Waals surface area contributed by atoms with Gasteiger partial charge in [0.1, 0.15) is 5.69 Å². The highest BCUT2D eigenvalue weighted by Crippen LogP contribution is 2.37. The Morgan fingerprint density at radius 3 is 2.70 bits per heavy atom. The molecule has 0 bridgehead atoms. The summed E-state index contributed by atoms with van der Waals surface area (Å²) in [6.45, 7) is 4.87. The number of alkyl halides is 2. The molecule has 148 valence electrons. The predicted molar refractivity (Wildman–Crippen MR) is 91.9 cm³/mol. The Balaban J connectivity index is 2.33. The minimum atomic E-state index is -3.92. The third-order valence-electron chi connectivity index (χ3n) is 4.03. The highest BCUT2D eigenvalue weighted by molar-refractivity contribution is 5.78. The van der Waals surface area contributed by atoms with Gasteiger partial charge in [-0.1, -0.05) is 23.4 Å². The zero-order valence-electron chi connectivity index (χ0n) is 15.5. The summed E-state index contributed by atoms with van der Waals surface area (Å²) in [6.07, 6.45) is -0.317. The van der Waals surface area contributed by atoms with Crippen molar-refractivity contribution in [1.29, 1.82) is 0 Å². The Morgan fingerprint density at radius 1 is 1.37 bits per heavy atom. The van der Waals surface area contributed by atoms with Crippen LogP contribution in [0.1, 0.15) is 42.3 Å². The number of aryl methyl sites for hydroxylation is 2. The van der Waals surface area contributed by atoms with Crippen molar-refractivity contribution in [2.75, 3.05) is 6.61 Å². The van der Waals surface area contributed by atoms with E-state index in [0.717, 1.165) is 5.56 Å². The summed E-state index contributed by atoms with van der Waals surface area (Å²) in [5, 5.41) is 17.1. The van der Waals surface area contributed by atoms with Crippen LogP contribution in [0, 0.1) is 6.92 Å². The molecule has 27 heavy (non-hydrogen) atoms. The Bertz CT molecular complexity index is 780. The van der Waals surface area contributed by atoms with Crippen LogP contribution in [-0.2, 0) is 34.0 Å². The number of carbonyl (C=O) groups is 1. The Kier molecular flexibility index (Phi) is 6.98. The average molecular weight is 383 g/mol. The third-order valence-corrected chi connectivity index (χ3v) is 4.03. The van der Waals surface area contributed by atoms with Gasteiger partial charge in [0.15, 0.2) is 6.10 Å². The molecule has 0 radical (unpaired) electrons. The number of ether oxygens (including phenoxy) is 2. The number of hydrogen-bond acceptors (Lipinski definition) is 6. The lowest BCUT2D eigenvalue weighted by atomic mass is 9.98. The second-order valence-electron chi connectivity index (χ2n) is 5.94. The first-order valence-corrected chi connectivity index (χ1v) is 8.59. The van der Waals surface area contributed by atoms with Gasteiger partial charge in [0.25, 0.3) is 0 Å². The van der Waals surface area contributed by atoms with Gasteiger partial charge >= 0.3 is 11.9 Å². The number of carbonyl (C=O) groups excluding carboxylic acids is 1. The van der Waals surface area contributed by atoms with E-state index >= 15 is 0 Å². The van der Waals surface area contributed by atoms with Gasteiger partial charge in [0.05, 0.1) is 26.0 Å². The number of aliphatic hydroxyl groups excluding tert-OH is 1. The van der Waals surface area contributed by atoms with Crippen LogP contribution in [0.4, 0.5) is 8.78 Å². The summed E-state index contributed by atoms with van der Waals surface area (Å²) in [7, 11) is 0. The molecule has 1 unspecified atom stereocenters. The maximum Gasteiger partial charge on any atom is 0.380 e. The molecule has 0 aliphatic rings. The molecule has 7 nitrogen and oxygen atoms in total. The minimum Gasteiger partial charge on any atom is -0.461 e. The van der Waals surface area contributed by atoms with E-state index in [1.54, 1.807) is 19.2 Å². The molecule has 2 rings (SSSR count). The van der Waals surface area contributed by atoms with Crippen LogP contribution in [0.15, 0.2) is 24.4 Å². The van der Waals surface area contributed by atoms with E-state index in [2.05, 4.69) is 15.0 Å². The van der Waals surface area contributed by atoms with Crippen molar-refractivity contribution in [3.8, 4) is 0 Å². The van der Waals surface area contributed by atoms with Crippen LogP contribution in [0.2, 0.25) is 0 Å². The quantitative estimate of drug-likeness (QED) is 0.670. The topological polar surface area (TPSA) is 86.5 Å². The van der Waals surface area contributed by atoms with E-state index in [0.29, 0.717) is 17.8 Å². The van der Waals surface area contributed by atoms with Crippen LogP contribution in [0.3, 0.4) is 0 Å². The number of esters is 1. The molecule has 9 heteroatoms. The first kappa shape index (κ1) is 20.9. The smallest absolute Gasteiger partial charge is 0.380 e. The van der Waals surface area contributed by atoms with Gasteiger partial charge in [-0.05, 0) is 37.5 Å². The average Bonchev–Trinajstić information content (AvgIpc) is 3.11. The van der Waals surface area contributed by atoms with Gasteiger partial charge in [-0.15, -0.1) is 5.10 Å². The molecule has 0 aliphatic carbocycles. The van der Waals surface area contributed by atoms with Crippen molar-refractivity contribution in [3.05, 3.63) is 46.8 Å². The molecule has 2 aromatic rings. The van der Waals surface area contributed by atoms with Crippen molar-refractivity contribution < 1.29 is 28.2 Å². The molecular weight excluding hydrogens is 360 g/mol. The molecule has 0 spiro atoms. The monoisotopic (exact) mass is 383 g/mol. The summed E-state index contributed by atoms with van der Waals surface area (Å²) in [4.78, 5) is 11.8. The maximum absolute atomic E-state index is 14.8. The normalized spacial score (nSPS) is 12.8. The predicted octanol–water partition coefficient (Wildman–Crippen LogP) is 2.56. The van der Waals surface area contributed by atoms with Crippen LogP contribution < -0.4 is 0 Å². The Hall–Kier alpha value is -2.39. The standard InChI is InChI=1S/C18H23F2N3O4/c1-4-23-9-15(21-22-23)11-27-16(18(19,20)17(25)26-5-2)13-7-6-12(3)14(8-13)10-24/h6-9,16,24H,4-5,10-11H2,1-3H3. The van der Waals surface area contributed by atoms with Gasteiger partial charge < -0.3 is 14.6 Å². The lowest BCUT2D eigenvalue weighted by Gasteiger charge is -2.26. The van der Waals surface area contributed by atoms with Crippen LogP contribution in [-0.4, -0.2) is 38.6 Å². The van der Waals surface area contributed by atoms with Crippen molar-refractivity contribution in [3.63, 3.8) is 0 Å². The number of aliphatic hydroxyl groups is 1. The molecule has 0 fully saturated rings. The molecule has 1 N–H and O–H groups in total. The summed E-state index contributed by atoms with van der Waals surface area (Å²) >= 11 is 0. The maximum atomic E-state index is 14.8. The number of nitrogens with zero attached hydrogens (tertiary/aromatic N) is 3. The van der Waals surface area contributed by atoms with Gasteiger partial charge in [0, 0.05) is 6.54 Å². The molecule has 1 heterocycles. The van der Waals surface area contributed by atoms with Crippen LogP contribution >= 0.6 is 0 Å². The third kappa shape index (κ3) is 4.86. The van der Waals surface area contributed by atoms with Gasteiger partial charge in [0.2, 0.25) is 0 Å². The van der Waals surface area contributed by atoms with E-state index in [9.17, 15) is 18.7 Å². The molecule has 0 aliphatic heterocycles. The van der Waals surface area contributed by atoms with Crippen molar-refractivity contribution >= 4 is 5.97 Å². The van der Waals surface area contributed by atoms with Crippen molar-refractivity contribution in [2.24, 2.45) is 0 Å². The number of aromatic nitrogens is 3. The van der Waals surface area contributed by atoms with Crippen LogP contribution in [0.25, 0.3) is 0 Å². The fourth-order valence-corrected chi connectivity index (χ4v) is 2.50. The number of halogens is 2. The SMILES string of the molecule is CCOC(=O)C(F)(F)C(OCc1cn(CC)nn1)c1ccc(C)c(CO)c1.